The van der Waals surface area contributed by atoms with Gasteiger partial charge in [0.25, 0.3) is 22.6 Å². The van der Waals surface area contributed by atoms with E-state index in [2.05, 4.69) is 286 Å². The van der Waals surface area contributed by atoms with E-state index in [1.54, 1.807) is 0 Å². The Bertz CT molecular complexity index is 7260. The molecule has 4 aliphatic carbocycles. The van der Waals surface area contributed by atoms with E-state index >= 15 is 0 Å². The molecule has 24 rings (SSSR count). The maximum atomic E-state index is 4.89. The molecule has 12 aromatic heterocycles. The molecule has 20 aromatic rings. The predicted octanol–water partition coefficient (Wildman–Crippen LogP) is 22.7. The van der Waals surface area contributed by atoms with Crippen LogP contribution in [-0.4, -0.2) is 37.7 Å². The number of imidazole rings is 4. The number of hydrogen-bond acceptors (Lipinski definition) is 4. The van der Waals surface area contributed by atoms with Crippen LogP contribution in [0.15, 0.2) is 219 Å². The first-order valence-electron chi connectivity index (χ1n) is 41.9. The maximum Gasteiger partial charge on any atom is 0.297 e. The third-order valence-corrected chi connectivity index (χ3v) is 27.2. The molecule has 12 nitrogen and oxygen atoms in total. The Balaban J connectivity index is 0.0000000949. The second-order valence-electron chi connectivity index (χ2n) is 33.6. The Morgan fingerprint density at radius 1 is 0.292 bits per heavy atom. The average molecular weight is 1480 g/mol. The van der Waals surface area contributed by atoms with Crippen LogP contribution in [0.5, 0.6) is 0 Å². The van der Waals surface area contributed by atoms with Gasteiger partial charge in [0.15, 0.2) is 44.1 Å². The van der Waals surface area contributed by atoms with E-state index in [0.717, 1.165) is 33.9 Å². The van der Waals surface area contributed by atoms with Gasteiger partial charge in [0.1, 0.15) is 22.1 Å². The van der Waals surface area contributed by atoms with Gasteiger partial charge in [0, 0.05) is 51.9 Å². The van der Waals surface area contributed by atoms with Crippen LogP contribution >= 0.6 is 0 Å². The fourth-order valence-electron chi connectivity index (χ4n) is 21.6. The molecule has 0 spiro atoms. The molecular formula is C101H98N12+4. The molecule has 0 amide bonds. The lowest BCUT2D eigenvalue weighted by atomic mass is 9.83. The zero-order valence-electron chi connectivity index (χ0n) is 66.5. The normalized spacial score (nSPS) is 15.6. The van der Waals surface area contributed by atoms with Crippen molar-refractivity contribution in [2.75, 3.05) is 0 Å². The Morgan fingerprint density at radius 2 is 0.673 bits per heavy atom. The highest BCUT2D eigenvalue weighted by atomic mass is 15.1. The average Bonchev–Trinajstić information content (AvgIpc) is 1.60. The first kappa shape index (κ1) is 69.2. The molecule has 4 saturated carbocycles. The number of pyridine rings is 8. The van der Waals surface area contributed by atoms with Crippen LogP contribution in [0.25, 0.3) is 154 Å². The van der Waals surface area contributed by atoms with Crippen molar-refractivity contribution in [3.63, 3.8) is 0 Å². The minimum absolute atomic E-state index is 0.672. The highest BCUT2D eigenvalue weighted by Gasteiger charge is 2.34. The maximum absolute atomic E-state index is 4.89. The number of fused-ring (bicyclic) bond motifs is 32. The lowest BCUT2D eigenvalue weighted by molar-refractivity contribution is -0.617. The fraction of sp³-hybridized carbons (Fsp3) is 0.287. The summed E-state index contributed by atoms with van der Waals surface area (Å²) in [5, 5.41) is 9.97. The summed E-state index contributed by atoms with van der Waals surface area (Å²) in [6.07, 6.45) is 30.6. The lowest BCUT2D eigenvalue weighted by Crippen LogP contribution is -2.27. The Hall–Kier alpha value is -11.8. The zero-order valence-corrected chi connectivity index (χ0v) is 66.5. The van der Waals surface area contributed by atoms with Gasteiger partial charge in [-0.2, -0.15) is 17.6 Å². The summed E-state index contributed by atoms with van der Waals surface area (Å²) in [5.74, 6) is 2.81. The van der Waals surface area contributed by atoms with E-state index in [0.29, 0.717) is 11.8 Å². The minimum Gasteiger partial charge on any atom is -0.255 e. The number of rotatable bonds is 4. The number of benzene rings is 8. The zero-order chi connectivity index (χ0) is 76.0. The van der Waals surface area contributed by atoms with Crippen molar-refractivity contribution in [2.45, 2.75) is 161 Å². The Morgan fingerprint density at radius 3 is 1.24 bits per heavy atom. The number of aromatic nitrogens is 12. The van der Waals surface area contributed by atoms with E-state index < -0.39 is 0 Å². The topological polar surface area (TPSA) is 85.5 Å². The van der Waals surface area contributed by atoms with Crippen molar-refractivity contribution >= 4 is 154 Å². The quantitative estimate of drug-likeness (QED) is 0.130. The van der Waals surface area contributed by atoms with E-state index in [4.69, 9.17) is 19.9 Å². The van der Waals surface area contributed by atoms with Crippen molar-refractivity contribution in [1.82, 2.24) is 37.7 Å². The van der Waals surface area contributed by atoms with Gasteiger partial charge in [-0.1, -0.05) is 137 Å². The summed E-state index contributed by atoms with van der Waals surface area (Å²) in [5.41, 5.74) is 35.8. The molecule has 4 fully saturated rings. The Kier molecular flexibility index (Phi) is 16.9. The molecule has 0 saturated heterocycles. The van der Waals surface area contributed by atoms with Crippen LogP contribution in [0.1, 0.15) is 177 Å². The van der Waals surface area contributed by atoms with Gasteiger partial charge >= 0.3 is 0 Å². The second kappa shape index (κ2) is 27.6. The molecule has 0 N–H and O–H groups in total. The summed E-state index contributed by atoms with van der Waals surface area (Å²) >= 11 is 0. The molecule has 0 aliphatic heterocycles. The number of aryl methyl sites for hydroxylation is 8. The molecule has 12 heterocycles. The highest BCUT2D eigenvalue weighted by Crippen LogP contribution is 2.44. The predicted molar refractivity (Wildman–Crippen MR) is 464 cm³/mol. The van der Waals surface area contributed by atoms with Crippen molar-refractivity contribution in [2.24, 2.45) is 28.2 Å². The largest absolute Gasteiger partial charge is 0.297 e. The van der Waals surface area contributed by atoms with Gasteiger partial charge < -0.3 is 0 Å². The van der Waals surface area contributed by atoms with E-state index in [1.807, 2.05) is 24.8 Å². The summed E-state index contributed by atoms with van der Waals surface area (Å²) < 4.78 is 19.2. The van der Waals surface area contributed by atoms with Crippen LogP contribution < -0.4 is 18.1 Å². The minimum atomic E-state index is 0.672. The van der Waals surface area contributed by atoms with Crippen molar-refractivity contribution in [3.8, 4) is 0 Å². The van der Waals surface area contributed by atoms with Crippen molar-refractivity contribution in [1.29, 1.82) is 0 Å². The van der Waals surface area contributed by atoms with Gasteiger partial charge in [0.2, 0.25) is 0 Å². The molecule has 8 aromatic carbocycles. The van der Waals surface area contributed by atoms with Crippen LogP contribution in [0.3, 0.4) is 0 Å². The first-order chi connectivity index (χ1) is 55.5. The van der Waals surface area contributed by atoms with E-state index in [-0.39, 0.29) is 0 Å². The standard InChI is InChI=1S/C26H26N3.3C25H24N3/c1-17-14-15-27-25-20-16-19(18-8-4-3-5-9-18)12-13-21(20)29-23-11-7-6-10-22(23)28(2)26(29)24(17)25;1-16-14-15-26-23-19-10-5-6-12-20(19)28-24-18(17-8-3-4-9-17)11-7-13-21(24)27(2)25(28)22(16)23;1-16-13-14-26-24-19-9-5-6-10-20(19)28-21-12-11-18(17-7-3-4-8-17)15-22(21)27(2)25(28)23(16)24;1-16-13-14-26-24-19-9-5-6-10-20(19)28-22-15-18(17-7-3-4-8-17)11-12-21(22)27(2)25(28)23(16)24/h6-7,10-16,18H,3-5,8-9H2,1-2H3;5-7,10-15,17H,3-4,8-9H2,1-2H3;2*5-6,9-15,17H,3-4,7-8H2,1-2H3/q4*+1. The van der Waals surface area contributed by atoms with Gasteiger partial charge in [0.05, 0.1) is 71.8 Å². The van der Waals surface area contributed by atoms with E-state index in [9.17, 15) is 0 Å². The molecule has 0 unspecified atom stereocenters. The molecule has 0 bridgehead atoms. The molecule has 113 heavy (non-hydrogen) atoms. The smallest absolute Gasteiger partial charge is 0.255 e. The molecule has 558 valence electrons. The molecule has 4 aliphatic rings. The van der Waals surface area contributed by atoms with Crippen LogP contribution in [0.4, 0.5) is 0 Å². The molecule has 12 heteroatoms. The third-order valence-electron chi connectivity index (χ3n) is 27.2. The van der Waals surface area contributed by atoms with Crippen molar-refractivity contribution in [3.05, 3.63) is 263 Å². The van der Waals surface area contributed by atoms with Gasteiger partial charge in [-0.15, -0.1) is 0 Å². The summed E-state index contributed by atoms with van der Waals surface area (Å²) in [4.78, 5) is 19.3. The van der Waals surface area contributed by atoms with Crippen molar-refractivity contribution < 1.29 is 18.1 Å². The lowest BCUT2D eigenvalue weighted by Gasteiger charge is -2.22. The second-order valence-corrected chi connectivity index (χ2v) is 33.6. The fourth-order valence-corrected chi connectivity index (χ4v) is 21.6. The number of para-hydroxylation sites is 6. The van der Waals surface area contributed by atoms with Crippen LogP contribution in [0, 0.1) is 27.7 Å². The van der Waals surface area contributed by atoms with E-state index in [1.165, 1.54) is 286 Å². The monoisotopic (exact) mass is 1480 g/mol. The molecular weight excluding hydrogens is 1380 g/mol. The highest BCUT2D eigenvalue weighted by molar-refractivity contribution is 6.15. The van der Waals surface area contributed by atoms with Gasteiger partial charge in [-0.25, -0.2) is 18.3 Å². The SMILES string of the molecule is Cc1ccnc2c3cc(C4CCCCC4)ccc3n3c4ccccc4[n+](C)c3c12.Cc1ccnc2c3ccccc3[n+]3c4ccc(C5CCCC5)cc4n(C)c3c12.Cc1ccnc2c3ccccc3n3c4c(C5CCCC5)cccc4[n+](C)c3c12.Cc1ccnc2c3ccccc3n3c4cc(C5CCCC5)ccc4[n+](C)c3c12. The number of hydrogen-bond donors (Lipinski definition) is 0. The molecule has 0 radical (unpaired) electrons. The van der Waals surface area contributed by atoms with Crippen LogP contribution in [-0.2, 0) is 28.2 Å². The van der Waals surface area contributed by atoms with Gasteiger partial charge in [-0.3, -0.25) is 19.9 Å². The number of nitrogens with zero attached hydrogens (tertiary/aromatic N) is 12. The summed E-state index contributed by atoms with van der Waals surface area (Å²) in [6, 6.07) is 71.6. The first-order valence-corrected chi connectivity index (χ1v) is 41.9. The molecule has 0 atom stereocenters. The Labute approximate surface area is 657 Å². The third kappa shape index (κ3) is 10.9. The van der Waals surface area contributed by atoms with Gasteiger partial charge in [-0.05, 0) is 257 Å². The van der Waals surface area contributed by atoms with Crippen LogP contribution in [0.2, 0.25) is 0 Å². The summed E-state index contributed by atoms with van der Waals surface area (Å²) in [7, 11) is 8.77. The summed E-state index contributed by atoms with van der Waals surface area (Å²) in [6.45, 7) is 8.80.